The van der Waals surface area contributed by atoms with E-state index in [0.29, 0.717) is 5.95 Å². The van der Waals surface area contributed by atoms with Gasteiger partial charge in [0.25, 0.3) is 0 Å². The van der Waals surface area contributed by atoms with Crippen LogP contribution in [0.5, 0.6) is 0 Å². The van der Waals surface area contributed by atoms with Gasteiger partial charge < -0.3 is 11.1 Å². The van der Waals surface area contributed by atoms with Crippen LogP contribution >= 0.6 is 22.6 Å². The zero-order valence-electron chi connectivity index (χ0n) is 7.06. The molecule has 0 aliphatic carbocycles. The summed E-state index contributed by atoms with van der Waals surface area (Å²) >= 11 is 2.20. The lowest BCUT2D eigenvalue weighted by Crippen LogP contribution is -2.07. The summed E-state index contributed by atoms with van der Waals surface area (Å²) in [6, 6.07) is 0. The summed E-state index contributed by atoms with van der Waals surface area (Å²) < 4.78 is 1.03. The van der Waals surface area contributed by atoms with Crippen LogP contribution in [0.1, 0.15) is 12.6 Å². The van der Waals surface area contributed by atoms with E-state index in [0.717, 1.165) is 21.6 Å². The second-order valence-electron chi connectivity index (χ2n) is 2.36. The average molecular weight is 278 g/mol. The Bertz CT molecular complexity index is 287. The highest BCUT2D eigenvalue weighted by Crippen LogP contribution is 2.18. The Labute approximate surface area is 85.1 Å². The Hall–Kier alpha value is -0.590. The second-order valence-corrected chi connectivity index (χ2v) is 3.44. The molecular weight excluding hydrogens is 267 g/mol. The van der Waals surface area contributed by atoms with E-state index >= 15 is 0 Å². The number of hydrogen-bond acceptors (Lipinski definition) is 4. The van der Waals surface area contributed by atoms with E-state index < -0.39 is 0 Å². The highest BCUT2D eigenvalue weighted by Gasteiger charge is 2.05. The van der Waals surface area contributed by atoms with Gasteiger partial charge in [0.15, 0.2) is 0 Å². The third kappa shape index (κ3) is 1.96. The minimum atomic E-state index is 0.323. The van der Waals surface area contributed by atoms with Gasteiger partial charge in [0.1, 0.15) is 5.82 Å². The normalized spacial score (nSPS) is 9.92. The number of nitrogen functional groups attached to an aromatic ring is 1. The number of nitrogens with one attached hydrogen (secondary N) is 1. The van der Waals surface area contributed by atoms with Crippen molar-refractivity contribution in [1.82, 2.24) is 9.97 Å². The average Bonchev–Trinajstić information content (AvgIpc) is 2.00. The summed E-state index contributed by atoms with van der Waals surface area (Å²) in [6.45, 7) is 4.77. The first-order valence-corrected chi connectivity index (χ1v) is 4.76. The van der Waals surface area contributed by atoms with Gasteiger partial charge in [-0.25, -0.2) is 4.98 Å². The zero-order chi connectivity index (χ0) is 9.14. The molecule has 0 amide bonds. The van der Waals surface area contributed by atoms with Crippen LogP contribution in [0.3, 0.4) is 0 Å². The predicted octanol–water partition coefficient (Wildman–Crippen LogP) is 1.40. The van der Waals surface area contributed by atoms with Crippen molar-refractivity contribution in [2.24, 2.45) is 0 Å². The number of nitrogens with two attached hydrogens (primary N) is 1. The molecule has 0 saturated heterocycles. The van der Waals surface area contributed by atoms with Crippen molar-refractivity contribution in [3.63, 3.8) is 0 Å². The lowest BCUT2D eigenvalue weighted by atomic mass is 10.4. The van der Waals surface area contributed by atoms with Gasteiger partial charge in [0.2, 0.25) is 5.95 Å². The molecule has 0 aliphatic heterocycles. The topological polar surface area (TPSA) is 63.8 Å². The number of anilines is 2. The second kappa shape index (κ2) is 3.88. The predicted molar refractivity (Wildman–Crippen MR) is 58.1 cm³/mol. The van der Waals surface area contributed by atoms with Crippen molar-refractivity contribution < 1.29 is 0 Å². The van der Waals surface area contributed by atoms with Crippen molar-refractivity contribution >= 4 is 34.4 Å². The van der Waals surface area contributed by atoms with E-state index in [2.05, 4.69) is 37.9 Å². The fraction of sp³-hybridized carbons (Fsp3) is 0.429. The maximum absolute atomic E-state index is 5.49. The third-order valence-corrected chi connectivity index (χ3v) is 2.67. The SMILES string of the molecule is CCNc1nc(N)nc(C)c1I. The largest absolute Gasteiger partial charge is 0.369 e. The first kappa shape index (κ1) is 9.50. The molecule has 1 aromatic heterocycles. The minimum absolute atomic E-state index is 0.323. The van der Waals surface area contributed by atoms with Gasteiger partial charge in [0.05, 0.1) is 9.26 Å². The molecule has 12 heavy (non-hydrogen) atoms. The van der Waals surface area contributed by atoms with Gasteiger partial charge in [0, 0.05) is 6.54 Å². The molecule has 1 aromatic rings. The lowest BCUT2D eigenvalue weighted by molar-refractivity contribution is 1.07. The maximum atomic E-state index is 5.49. The molecule has 5 heteroatoms. The molecule has 0 aromatic carbocycles. The lowest BCUT2D eigenvalue weighted by Gasteiger charge is -2.07. The van der Waals surface area contributed by atoms with Gasteiger partial charge in [-0.05, 0) is 36.4 Å². The summed E-state index contributed by atoms with van der Waals surface area (Å²) in [5.41, 5.74) is 6.41. The Balaban J connectivity index is 3.09. The molecule has 0 fully saturated rings. The number of halogens is 1. The third-order valence-electron chi connectivity index (χ3n) is 1.38. The zero-order valence-corrected chi connectivity index (χ0v) is 9.21. The molecule has 1 heterocycles. The van der Waals surface area contributed by atoms with Gasteiger partial charge in [-0.15, -0.1) is 0 Å². The van der Waals surface area contributed by atoms with Crippen LogP contribution in [0, 0.1) is 10.5 Å². The van der Waals surface area contributed by atoms with E-state index in [4.69, 9.17) is 5.73 Å². The molecular formula is C7H11IN4. The van der Waals surface area contributed by atoms with E-state index in [-0.39, 0.29) is 0 Å². The van der Waals surface area contributed by atoms with Crippen LogP contribution in [0.2, 0.25) is 0 Å². The van der Waals surface area contributed by atoms with E-state index in [9.17, 15) is 0 Å². The summed E-state index contributed by atoms with van der Waals surface area (Å²) in [4.78, 5) is 8.11. The van der Waals surface area contributed by atoms with Crippen molar-refractivity contribution in [1.29, 1.82) is 0 Å². The Morgan fingerprint density at radius 3 is 2.75 bits per heavy atom. The van der Waals surface area contributed by atoms with E-state index in [1.165, 1.54) is 0 Å². The standard InChI is InChI=1S/C7H11IN4/c1-3-10-6-5(8)4(2)11-7(9)12-6/h3H2,1-2H3,(H3,9,10,11,12). The molecule has 0 bridgehead atoms. The van der Waals surface area contributed by atoms with Gasteiger partial charge in [-0.2, -0.15) is 4.98 Å². The van der Waals surface area contributed by atoms with E-state index in [1.807, 2.05) is 13.8 Å². The molecule has 3 N–H and O–H groups in total. The number of hydrogen-bond donors (Lipinski definition) is 2. The molecule has 0 unspecified atom stereocenters. The summed E-state index contributed by atoms with van der Waals surface area (Å²) in [7, 11) is 0. The number of nitrogens with zero attached hydrogens (tertiary/aromatic N) is 2. The van der Waals surface area contributed by atoms with Gasteiger partial charge in [-0.1, -0.05) is 0 Å². The Morgan fingerprint density at radius 1 is 1.50 bits per heavy atom. The Morgan fingerprint density at radius 2 is 2.17 bits per heavy atom. The van der Waals surface area contributed by atoms with Gasteiger partial charge >= 0.3 is 0 Å². The monoisotopic (exact) mass is 278 g/mol. The van der Waals surface area contributed by atoms with Crippen LogP contribution in [0.4, 0.5) is 11.8 Å². The molecule has 66 valence electrons. The number of aryl methyl sites for hydroxylation is 1. The smallest absolute Gasteiger partial charge is 0.222 e. The van der Waals surface area contributed by atoms with E-state index in [1.54, 1.807) is 0 Å². The van der Waals surface area contributed by atoms with Crippen molar-refractivity contribution in [3.05, 3.63) is 9.26 Å². The highest BCUT2D eigenvalue weighted by atomic mass is 127. The minimum Gasteiger partial charge on any atom is -0.369 e. The number of rotatable bonds is 2. The van der Waals surface area contributed by atoms with Crippen LogP contribution in [-0.4, -0.2) is 16.5 Å². The Kier molecular flexibility index (Phi) is 3.07. The first-order chi connectivity index (χ1) is 5.65. The van der Waals surface area contributed by atoms with Crippen LogP contribution in [0.15, 0.2) is 0 Å². The molecule has 0 atom stereocenters. The molecule has 0 saturated carbocycles. The maximum Gasteiger partial charge on any atom is 0.222 e. The molecule has 0 radical (unpaired) electrons. The molecule has 0 spiro atoms. The molecule has 4 nitrogen and oxygen atoms in total. The fourth-order valence-corrected chi connectivity index (χ4v) is 1.30. The van der Waals surface area contributed by atoms with Crippen molar-refractivity contribution in [2.75, 3.05) is 17.6 Å². The van der Waals surface area contributed by atoms with Crippen LogP contribution in [-0.2, 0) is 0 Å². The summed E-state index contributed by atoms with van der Waals surface area (Å²) in [5, 5.41) is 3.12. The first-order valence-electron chi connectivity index (χ1n) is 3.68. The van der Waals surface area contributed by atoms with Crippen LogP contribution < -0.4 is 11.1 Å². The fourth-order valence-electron chi connectivity index (χ4n) is 0.865. The molecule has 1 rings (SSSR count). The van der Waals surface area contributed by atoms with Crippen molar-refractivity contribution in [3.8, 4) is 0 Å². The quantitative estimate of drug-likeness (QED) is 0.803. The molecule has 0 aliphatic rings. The summed E-state index contributed by atoms with van der Waals surface area (Å²) in [6.07, 6.45) is 0. The van der Waals surface area contributed by atoms with Gasteiger partial charge in [-0.3, -0.25) is 0 Å². The number of aromatic nitrogens is 2. The van der Waals surface area contributed by atoms with Crippen molar-refractivity contribution in [2.45, 2.75) is 13.8 Å². The highest BCUT2D eigenvalue weighted by molar-refractivity contribution is 14.1. The van der Waals surface area contributed by atoms with Crippen LogP contribution in [0.25, 0.3) is 0 Å². The summed E-state index contributed by atoms with van der Waals surface area (Å²) in [5.74, 6) is 1.15.